The molecule has 2 aromatic rings. The number of carbonyl (C=O) groups excluding carboxylic acids is 2. The van der Waals surface area contributed by atoms with E-state index in [1.54, 1.807) is 0 Å². The predicted octanol–water partition coefficient (Wildman–Crippen LogP) is 3.99. The summed E-state index contributed by atoms with van der Waals surface area (Å²) in [6.45, 7) is 11.8. The number of rotatable bonds is 22. The summed E-state index contributed by atoms with van der Waals surface area (Å²) in [6, 6.07) is 20.9. The molecule has 0 radical (unpaired) electrons. The van der Waals surface area contributed by atoms with Crippen molar-refractivity contribution >= 4 is 11.9 Å². The van der Waals surface area contributed by atoms with Crippen LogP contribution in [0.5, 0.6) is 0 Å². The van der Waals surface area contributed by atoms with Gasteiger partial charge in [-0.15, -0.1) is 0 Å². The van der Waals surface area contributed by atoms with Gasteiger partial charge in [0.1, 0.15) is 5.60 Å². The molecule has 9 nitrogen and oxygen atoms in total. The zero-order valence-electron chi connectivity index (χ0n) is 25.0. The lowest BCUT2D eigenvalue weighted by Crippen LogP contribution is -2.29. The molecule has 1 amide bonds. The Balaban J connectivity index is 1.42. The Morgan fingerprint density at radius 3 is 1.68 bits per heavy atom. The van der Waals surface area contributed by atoms with Crippen molar-refractivity contribution in [1.29, 1.82) is 0 Å². The topological polar surface area (TPSA) is 95.6 Å². The van der Waals surface area contributed by atoms with Crippen molar-refractivity contribution in [1.82, 2.24) is 10.2 Å². The first-order chi connectivity index (χ1) is 19.8. The van der Waals surface area contributed by atoms with Gasteiger partial charge in [-0.25, -0.2) is 0 Å². The molecular formula is C32H48N2O7. The van der Waals surface area contributed by atoms with E-state index in [1.807, 2.05) is 32.9 Å². The van der Waals surface area contributed by atoms with Crippen molar-refractivity contribution in [2.45, 2.75) is 52.3 Å². The second-order valence-corrected chi connectivity index (χ2v) is 10.6. The highest BCUT2D eigenvalue weighted by Crippen LogP contribution is 2.10. The zero-order chi connectivity index (χ0) is 29.6. The summed E-state index contributed by atoms with van der Waals surface area (Å²) in [7, 11) is 0. The van der Waals surface area contributed by atoms with Crippen LogP contribution in [0.2, 0.25) is 0 Å². The van der Waals surface area contributed by atoms with E-state index in [-0.39, 0.29) is 24.7 Å². The van der Waals surface area contributed by atoms with E-state index in [9.17, 15) is 9.59 Å². The summed E-state index contributed by atoms with van der Waals surface area (Å²) in [5.41, 5.74) is 2.07. The summed E-state index contributed by atoms with van der Waals surface area (Å²) in [4.78, 5) is 25.9. The van der Waals surface area contributed by atoms with Gasteiger partial charge < -0.3 is 29.0 Å². The summed E-state index contributed by atoms with van der Waals surface area (Å²) >= 11 is 0. The van der Waals surface area contributed by atoms with Crippen LogP contribution in [-0.4, -0.2) is 88.3 Å². The Morgan fingerprint density at radius 2 is 1.15 bits per heavy atom. The molecule has 228 valence electrons. The molecule has 0 heterocycles. The van der Waals surface area contributed by atoms with Crippen LogP contribution < -0.4 is 5.32 Å². The number of hydrogen-bond donors (Lipinski definition) is 1. The molecule has 0 aromatic heterocycles. The highest BCUT2D eigenvalue weighted by Gasteiger charge is 2.15. The van der Waals surface area contributed by atoms with Crippen molar-refractivity contribution in [2.75, 3.05) is 65.9 Å². The van der Waals surface area contributed by atoms with E-state index < -0.39 is 5.60 Å². The summed E-state index contributed by atoms with van der Waals surface area (Å²) in [5, 5.41) is 2.80. The van der Waals surface area contributed by atoms with Gasteiger partial charge >= 0.3 is 5.97 Å². The first-order valence-corrected chi connectivity index (χ1v) is 14.4. The van der Waals surface area contributed by atoms with Crippen LogP contribution in [0, 0.1) is 0 Å². The Kier molecular flexibility index (Phi) is 17.6. The Labute approximate surface area is 245 Å². The third kappa shape index (κ3) is 19.0. The number of nitrogens with one attached hydrogen (secondary N) is 1. The Bertz CT molecular complexity index is 910. The molecule has 0 saturated carbocycles. The van der Waals surface area contributed by atoms with Gasteiger partial charge in [0, 0.05) is 32.6 Å². The maximum atomic E-state index is 11.9. The van der Waals surface area contributed by atoms with Gasteiger partial charge in [-0.1, -0.05) is 60.7 Å². The van der Waals surface area contributed by atoms with E-state index in [0.717, 1.165) is 19.6 Å². The van der Waals surface area contributed by atoms with Crippen LogP contribution in [0.15, 0.2) is 60.7 Å². The minimum Gasteiger partial charge on any atom is -0.460 e. The van der Waals surface area contributed by atoms with Crippen LogP contribution in [0.4, 0.5) is 0 Å². The molecule has 0 saturated heterocycles. The second-order valence-electron chi connectivity index (χ2n) is 10.6. The molecule has 0 aliphatic carbocycles. The van der Waals surface area contributed by atoms with Gasteiger partial charge in [-0.05, 0) is 31.9 Å². The van der Waals surface area contributed by atoms with E-state index in [1.165, 1.54) is 11.1 Å². The lowest BCUT2D eigenvalue weighted by atomic mass is 10.1. The van der Waals surface area contributed by atoms with Gasteiger partial charge in [0.25, 0.3) is 0 Å². The van der Waals surface area contributed by atoms with Crippen LogP contribution in [0.25, 0.3) is 0 Å². The first-order valence-electron chi connectivity index (χ1n) is 14.4. The fourth-order valence-corrected chi connectivity index (χ4v) is 3.80. The normalized spacial score (nSPS) is 11.5. The third-order valence-electron chi connectivity index (χ3n) is 5.71. The van der Waals surface area contributed by atoms with Crippen molar-refractivity contribution < 1.29 is 33.3 Å². The van der Waals surface area contributed by atoms with Crippen LogP contribution in [0.1, 0.15) is 44.7 Å². The lowest BCUT2D eigenvalue weighted by molar-refractivity contribution is -0.156. The molecule has 0 spiro atoms. The fraction of sp³-hybridized carbons (Fsp3) is 0.562. The maximum Gasteiger partial charge on any atom is 0.308 e. The van der Waals surface area contributed by atoms with Crippen molar-refractivity contribution in [2.24, 2.45) is 0 Å². The number of ether oxygens (including phenoxy) is 5. The number of hydrogen-bond acceptors (Lipinski definition) is 8. The molecule has 0 aliphatic heterocycles. The van der Waals surface area contributed by atoms with Crippen LogP contribution in [-0.2, 0) is 46.4 Å². The fourth-order valence-electron chi connectivity index (χ4n) is 3.80. The molecule has 0 fully saturated rings. The highest BCUT2D eigenvalue weighted by atomic mass is 16.6. The summed E-state index contributed by atoms with van der Waals surface area (Å²) in [6.07, 6.45) is 0.499. The zero-order valence-corrected chi connectivity index (χ0v) is 25.0. The Hall–Kier alpha value is -2.82. The molecular weight excluding hydrogens is 524 g/mol. The molecule has 0 bridgehead atoms. The molecule has 9 heteroatoms. The molecule has 2 aromatic carbocycles. The van der Waals surface area contributed by atoms with Gasteiger partial charge in [-0.2, -0.15) is 0 Å². The smallest absolute Gasteiger partial charge is 0.308 e. The first kappa shape index (κ1) is 34.4. The number of nitrogens with zero attached hydrogens (tertiary/aromatic N) is 1. The highest BCUT2D eigenvalue weighted by molar-refractivity contribution is 5.75. The largest absolute Gasteiger partial charge is 0.460 e. The maximum absolute atomic E-state index is 11.9. The summed E-state index contributed by atoms with van der Waals surface area (Å²) < 4.78 is 27.3. The van der Waals surface area contributed by atoms with Gasteiger partial charge in [0.15, 0.2) is 0 Å². The number of esters is 1. The quantitative estimate of drug-likeness (QED) is 0.167. The van der Waals surface area contributed by atoms with Crippen molar-refractivity contribution in [3.05, 3.63) is 71.8 Å². The third-order valence-corrected chi connectivity index (χ3v) is 5.71. The monoisotopic (exact) mass is 572 g/mol. The molecule has 0 atom stereocenters. The van der Waals surface area contributed by atoms with E-state index in [4.69, 9.17) is 23.7 Å². The van der Waals surface area contributed by atoms with Gasteiger partial charge in [-0.3, -0.25) is 14.5 Å². The van der Waals surface area contributed by atoms with E-state index >= 15 is 0 Å². The second kappa shape index (κ2) is 21.0. The molecule has 0 unspecified atom stereocenters. The summed E-state index contributed by atoms with van der Waals surface area (Å²) in [5.74, 6) is -0.362. The number of carbonyl (C=O) groups is 2. The molecule has 0 aliphatic rings. The SMILES string of the molecule is CC(C)(C)OC(=O)CCOCCOCCNC(=O)CCOCCOCCN(Cc1ccccc1)Cc1ccccc1. The van der Waals surface area contributed by atoms with E-state index in [0.29, 0.717) is 59.4 Å². The Morgan fingerprint density at radius 1 is 0.659 bits per heavy atom. The van der Waals surface area contributed by atoms with Crippen molar-refractivity contribution in [3.63, 3.8) is 0 Å². The molecule has 41 heavy (non-hydrogen) atoms. The van der Waals surface area contributed by atoms with Crippen molar-refractivity contribution in [3.8, 4) is 0 Å². The average molecular weight is 573 g/mol. The van der Waals surface area contributed by atoms with Gasteiger partial charge in [0.2, 0.25) is 5.91 Å². The van der Waals surface area contributed by atoms with Crippen LogP contribution >= 0.6 is 0 Å². The molecule has 1 N–H and O–H groups in total. The van der Waals surface area contributed by atoms with Gasteiger partial charge in [0.05, 0.1) is 59.3 Å². The van der Waals surface area contributed by atoms with Crippen LogP contribution in [0.3, 0.4) is 0 Å². The standard InChI is InChI=1S/C32H48N2O7/c1-32(2,3)41-31(36)15-19-38-22-24-39-20-16-33-30(35)14-18-37-23-25-40-21-17-34(26-28-10-6-4-7-11-28)27-29-12-8-5-9-13-29/h4-13H,14-27H2,1-3H3,(H,33,35). The molecule has 2 rings (SSSR count). The number of amides is 1. The van der Waals surface area contributed by atoms with E-state index in [2.05, 4.69) is 58.7 Å². The average Bonchev–Trinajstić information content (AvgIpc) is 2.93. The minimum atomic E-state index is -0.486. The predicted molar refractivity (Wildman–Crippen MR) is 158 cm³/mol. The minimum absolute atomic E-state index is 0.0828. The number of benzene rings is 2. The lowest BCUT2D eigenvalue weighted by Gasteiger charge is -2.22.